The van der Waals surface area contributed by atoms with Crippen LogP contribution in [-0.2, 0) is 11.3 Å². The number of carbonyl (C=O) groups is 2. The summed E-state index contributed by atoms with van der Waals surface area (Å²) in [6.07, 6.45) is 2.66. The molecule has 0 aliphatic carbocycles. The van der Waals surface area contributed by atoms with Crippen LogP contribution in [0.25, 0.3) is 10.8 Å². The number of rotatable bonds is 8. The Hall–Kier alpha value is -3.68. The second-order valence-corrected chi connectivity index (χ2v) is 8.36. The van der Waals surface area contributed by atoms with Gasteiger partial charge in [0.2, 0.25) is 0 Å². The number of hydrogen-bond donors (Lipinski definition) is 1. The molecule has 3 aromatic rings. The summed E-state index contributed by atoms with van der Waals surface area (Å²) < 4.78 is 7.21. The van der Waals surface area contributed by atoms with Crippen molar-refractivity contribution in [2.75, 3.05) is 19.7 Å². The molecule has 2 aromatic carbocycles. The number of likely N-dealkylation sites (tertiary alicyclic amines) is 1. The van der Waals surface area contributed by atoms with Crippen LogP contribution in [0.5, 0.6) is 5.75 Å². The van der Waals surface area contributed by atoms with Crippen LogP contribution in [0, 0.1) is 0 Å². The van der Waals surface area contributed by atoms with Gasteiger partial charge in [0.1, 0.15) is 5.75 Å². The molecule has 0 bridgehead atoms. The van der Waals surface area contributed by atoms with Gasteiger partial charge in [-0.15, -0.1) is 0 Å². The average molecular weight is 463 g/mol. The van der Waals surface area contributed by atoms with Crippen LogP contribution in [0.1, 0.15) is 55.2 Å². The molecule has 8 heteroatoms. The zero-order chi connectivity index (χ0) is 24.1. The third-order valence-corrected chi connectivity index (χ3v) is 6.20. The van der Waals surface area contributed by atoms with Gasteiger partial charge in [-0.05, 0) is 38.3 Å². The summed E-state index contributed by atoms with van der Waals surface area (Å²) in [5, 5.41) is 8.37. The van der Waals surface area contributed by atoms with Crippen molar-refractivity contribution < 1.29 is 14.3 Å². The smallest absolute Gasteiger partial charge is 0.274 e. The fraction of sp³-hybridized carbons (Fsp3) is 0.385. The zero-order valence-electron chi connectivity index (χ0n) is 19.6. The summed E-state index contributed by atoms with van der Waals surface area (Å²) in [5.41, 5.74) is 0.780. The Balaban J connectivity index is 1.57. The normalized spacial score (nSPS) is 14.2. The molecule has 34 heavy (non-hydrogen) atoms. The molecule has 4 rings (SSSR count). The van der Waals surface area contributed by atoms with Gasteiger partial charge < -0.3 is 15.0 Å². The first-order valence-corrected chi connectivity index (χ1v) is 11.8. The second kappa shape index (κ2) is 10.5. The average Bonchev–Trinajstić information content (AvgIpc) is 3.42. The third kappa shape index (κ3) is 4.81. The van der Waals surface area contributed by atoms with E-state index in [1.165, 1.54) is 4.68 Å². The summed E-state index contributed by atoms with van der Waals surface area (Å²) in [5.74, 6) is 0.175. The van der Waals surface area contributed by atoms with E-state index in [1.807, 2.05) is 43.0 Å². The highest BCUT2D eigenvalue weighted by Gasteiger charge is 2.23. The van der Waals surface area contributed by atoms with Crippen molar-refractivity contribution >= 4 is 22.6 Å². The summed E-state index contributed by atoms with van der Waals surface area (Å²) >= 11 is 0. The molecule has 1 fully saturated rings. The molecule has 1 aliphatic rings. The molecular formula is C26H30N4O4. The van der Waals surface area contributed by atoms with E-state index in [9.17, 15) is 14.4 Å². The van der Waals surface area contributed by atoms with Gasteiger partial charge in [0.15, 0.2) is 12.3 Å². The first-order chi connectivity index (χ1) is 16.5. The monoisotopic (exact) mass is 462 g/mol. The van der Waals surface area contributed by atoms with E-state index in [-0.39, 0.29) is 35.7 Å². The fourth-order valence-electron chi connectivity index (χ4n) is 4.34. The van der Waals surface area contributed by atoms with Gasteiger partial charge >= 0.3 is 0 Å². The molecule has 2 heterocycles. The van der Waals surface area contributed by atoms with E-state index in [0.717, 1.165) is 31.5 Å². The predicted molar refractivity (Wildman–Crippen MR) is 130 cm³/mol. The van der Waals surface area contributed by atoms with Crippen LogP contribution in [0.3, 0.4) is 0 Å². The van der Waals surface area contributed by atoms with Crippen molar-refractivity contribution in [3.05, 3.63) is 70.1 Å². The molecule has 0 radical (unpaired) electrons. The molecule has 1 saturated heterocycles. The molecule has 178 valence electrons. The SMILES string of the molecule is CCC(NC(=O)c1nn(CC)c(=O)c2ccccc12)c1ccccc1OCC(=O)N1CCCC1. The van der Waals surface area contributed by atoms with E-state index in [1.54, 1.807) is 24.3 Å². The Morgan fingerprint density at radius 1 is 1.03 bits per heavy atom. The van der Waals surface area contributed by atoms with Crippen LogP contribution >= 0.6 is 0 Å². The molecule has 1 aromatic heterocycles. The number of nitrogens with zero attached hydrogens (tertiary/aromatic N) is 3. The number of para-hydroxylation sites is 1. The number of carbonyl (C=O) groups excluding carboxylic acids is 2. The second-order valence-electron chi connectivity index (χ2n) is 8.36. The molecule has 2 amide bonds. The van der Waals surface area contributed by atoms with Crippen molar-refractivity contribution in [3.63, 3.8) is 0 Å². The van der Waals surface area contributed by atoms with Gasteiger partial charge in [-0.2, -0.15) is 5.10 Å². The van der Waals surface area contributed by atoms with E-state index < -0.39 is 0 Å². The molecular weight excluding hydrogens is 432 g/mol. The first kappa shape index (κ1) is 23.5. The maximum atomic E-state index is 13.3. The number of hydrogen-bond acceptors (Lipinski definition) is 5. The number of fused-ring (bicyclic) bond motifs is 1. The lowest BCUT2D eigenvalue weighted by atomic mass is 10.0. The minimum Gasteiger partial charge on any atom is -0.483 e. The lowest BCUT2D eigenvalue weighted by molar-refractivity contribution is -0.132. The first-order valence-electron chi connectivity index (χ1n) is 11.8. The fourth-order valence-corrected chi connectivity index (χ4v) is 4.34. The highest BCUT2D eigenvalue weighted by molar-refractivity contribution is 6.04. The quantitative estimate of drug-likeness (QED) is 0.554. The summed E-state index contributed by atoms with van der Waals surface area (Å²) in [4.78, 5) is 40.2. The van der Waals surface area contributed by atoms with Crippen molar-refractivity contribution in [1.82, 2.24) is 20.0 Å². The minimum absolute atomic E-state index is 0.0260. The maximum Gasteiger partial charge on any atom is 0.274 e. The molecule has 1 aliphatic heterocycles. The molecule has 1 atom stereocenters. The Morgan fingerprint density at radius 3 is 2.41 bits per heavy atom. The van der Waals surface area contributed by atoms with Crippen LogP contribution < -0.4 is 15.6 Å². The van der Waals surface area contributed by atoms with Crippen molar-refractivity contribution in [3.8, 4) is 5.75 Å². The predicted octanol–water partition coefficient (Wildman–Crippen LogP) is 3.30. The maximum absolute atomic E-state index is 13.3. The Morgan fingerprint density at radius 2 is 1.71 bits per heavy atom. The van der Waals surface area contributed by atoms with Crippen molar-refractivity contribution in [1.29, 1.82) is 0 Å². The van der Waals surface area contributed by atoms with Crippen LogP contribution in [0.4, 0.5) is 0 Å². The minimum atomic E-state index is -0.367. The lowest BCUT2D eigenvalue weighted by Gasteiger charge is -2.22. The van der Waals surface area contributed by atoms with Crippen molar-refractivity contribution in [2.24, 2.45) is 0 Å². The lowest BCUT2D eigenvalue weighted by Crippen LogP contribution is -2.33. The molecule has 1 N–H and O–H groups in total. The van der Waals surface area contributed by atoms with Gasteiger partial charge in [-0.3, -0.25) is 14.4 Å². The topological polar surface area (TPSA) is 93.5 Å². The molecule has 0 saturated carbocycles. The summed E-state index contributed by atoms with van der Waals surface area (Å²) in [6.45, 7) is 5.67. The number of amides is 2. The summed E-state index contributed by atoms with van der Waals surface area (Å²) in [6, 6.07) is 14.1. The van der Waals surface area contributed by atoms with Gasteiger partial charge in [-0.1, -0.05) is 43.3 Å². The zero-order valence-corrected chi connectivity index (χ0v) is 19.6. The Kier molecular flexibility index (Phi) is 7.25. The van der Waals surface area contributed by atoms with E-state index in [2.05, 4.69) is 10.4 Å². The van der Waals surface area contributed by atoms with Crippen LogP contribution in [0.15, 0.2) is 53.3 Å². The molecule has 0 spiro atoms. The van der Waals surface area contributed by atoms with Gasteiger partial charge in [0, 0.05) is 30.6 Å². The number of ether oxygens (including phenoxy) is 1. The Bertz CT molecular complexity index is 1250. The van der Waals surface area contributed by atoms with Crippen molar-refractivity contribution in [2.45, 2.75) is 45.7 Å². The molecule has 8 nitrogen and oxygen atoms in total. The van der Waals surface area contributed by atoms with Crippen LogP contribution in [0.2, 0.25) is 0 Å². The van der Waals surface area contributed by atoms with E-state index in [0.29, 0.717) is 29.5 Å². The van der Waals surface area contributed by atoms with Gasteiger partial charge in [-0.25, -0.2) is 4.68 Å². The van der Waals surface area contributed by atoms with Gasteiger partial charge in [0.25, 0.3) is 17.4 Å². The largest absolute Gasteiger partial charge is 0.483 e. The number of aromatic nitrogens is 2. The summed E-state index contributed by atoms with van der Waals surface area (Å²) in [7, 11) is 0. The highest BCUT2D eigenvalue weighted by atomic mass is 16.5. The van der Waals surface area contributed by atoms with E-state index >= 15 is 0 Å². The molecule has 1 unspecified atom stereocenters. The third-order valence-electron chi connectivity index (χ3n) is 6.20. The number of nitrogens with one attached hydrogen (secondary N) is 1. The van der Waals surface area contributed by atoms with Gasteiger partial charge in [0.05, 0.1) is 11.4 Å². The number of aryl methyl sites for hydroxylation is 1. The number of benzene rings is 2. The van der Waals surface area contributed by atoms with Crippen LogP contribution in [-0.4, -0.2) is 46.2 Å². The Labute approximate surface area is 198 Å². The standard InChI is InChI=1S/C26H30N4O4/c1-3-21(20-13-7-8-14-22(20)34-17-23(31)29-15-9-10-16-29)27-25(32)24-18-11-5-6-12-19(18)26(33)30(4-2)28-24/h5-8,11-14,21H,3-4,9-10,15-17H2,1-2H3,(H,27,32). The van der Waals surface area contributed by atoms with E-state index in [4.69, 9.17) is 4.74 Å². The highest BCUT2D eigenvalue weighted by Crippen LogP contribution is 2.28.